The maximum Gasteiger partial charge on any atom is 0.259 e. The first-order valence-electron chi connectivity index (χ1n) is 6.88. The maximum absolute atomic E-state index is 12.4. The minimum atomic E-state index is -0.149. The van der Waals surface area contributed by atoms with E-state index in [0.717, 1.165) is 18.5 Å². The predicted molar refractivity (Wildman–Crippen MR) is 74.5 cm³/mol. The summed E-state index contributed by atoms with van der Waals surface area (Å²) in [5.41, 5.74) is 8.17. The van der Waals surface area contributed by atoms with Crippen molar-refractivity contribution >= 4 is 17.0 Å². The molecule has 106 valence electrons. The molecule has 2 aromatic rings. The second-order valence-electron chi connectivity index (χ2n) is 5.43. The Balaban J connectivity index is 2.06. The summed E-state index contributed by atoms with van der Waals surface area (Å²) in [4.78, 5) is 16.9. The number of amides is 1. The smallest absolute Gasteiger partial charge is 0.259 e. The second kappa shape index (κ2) is 4.86. The Hall–Kier alpha value is -1.95. The van der Waals surface area contributed by atoms with Gasteiger partial charge in [0.15, 0.2) is 0 Å². The molecule has 1 aliphatic carbocycles. The van der Waals surface area contributed by atoms with Gasteiger partial charge in [-0.3, -0.25) is 4.79 Å². The lowest BCUT2D eigenvalue weighted by Gasteiger charge is -2.12. The van der Waals surface area contributed by atoms with Crippen LogP contribution in [-0.2, 0) is 0 Å². The van der Waals surface area contributed by atoms with Crippen LogP contribution >= 0.6 is 0 Å². The Morgan fingerprint density at radius 3 is 3.00 bits per heavy atom. The maximum atomic E-state index is 12.4. The molecule has 0 aromatic carbocycles. The van der Waals surface area contributed by atoms with Gasteiger partial charge in [0.25, 0.3) is 11.6 Å². The van der Waals surface area contributed by atoms with Gasteiger partial charge in [-0.2, -0.15) is 0 Å². The van der Waals surface area contributed by atoms with E-state index in [-0.39, 0.29) is 11.9 Å². The molecule has 20 heavy (non-hydrogen) atoms. The van der Waals surface area contributed by atoms with Gasteiger partial charge in [0.1, 0.15) is 0 Å². The zero-order chi connectivity index (χ0) is 14.3. The number of nitrogens with one attached hydrogen (secondary N) is 1. The Kier molecular flexibility index (Phi) is 3.17. The Morgan fingerprint density at radius 1 is 1.60 bits per heavy atom. The molecule has 1 aliphatic rings. The van der Waals surface area contributed by atoms with Crippen LogP contribution < -0.4 is 11.1 Å². The second-order valence-corrected chi connectivity index (χ2v) is 5.43. The van der Waals surface area contributed by atoms with Crippen LogP contribution in [0.3, 0.4) is 0 Å². The monoisotopic (exact) mass is 274 g/mol. The average Bonchev–Trinajstić information content (AvgIpc) is 3.22. The molecule has 1 fully saturated rings. The highest BCUT2D eigenvalue weighted by Gasteiger charge is 2.28. The van der Waals surface area contributed by atoms with Gasteiger partial charge in [0, 0.05) is 24.2 Å². The first-order chi connectivity index (χ1) is 9.60. The molecular weight excluding hydrogens is 256 g/mol. The molecular formula is C14H18N4O2. The number of nitrogens with two attached hydrogens (primary N) is 1. The molecule has 3 rings (SSSR count). The Bertz CT molecular complexity index is 660. The fraction of sp³-hybridized carbons (Fsp3) is 0.500. The number of aryl methyl sites for hydroxylation is 1. The highest BCUT2D eigenvalue weighted by molar-refractivity contribution is 6.06. The number of pyridine rings is 1. The lowest BCUT2D eigenvalue weighted by atomic mass is 10.1. The number of hydrogen-bond donors (Lipinski definition) is 2. The molecule has 0 aliphatic heterocycles. The summed E-state index contributed by atoms with van der Waals surface area (Å²) in [7, 11) is 0. The van der Waals surface area contributed by atoms with E-state index in [1.165, 1.54) is 0 Å². The molecule has 0 radical (unpaired) electrons. The van der Waals surface area contributed by atoms with E-state index in [0.29, 0.717) is 34.8 Å². The minimum absolute atomic E-state index is 0.0738. The van der Waals surface area contributed by atoms with Gasteiger partial charge in [-0.25, -0.2) is 4.98 Å². The number of nitrogens with zero attached hydrogens (tertiary/aromatic N) is 2. The van der Waals surface area contributed by atoms with Crippen LogP contribution in [0, 0.1) is 6.92 Å². The number of aromatic nitrogens is 2. The van der Waals surface area contributed by atoms with Crippen molar-refractivity contribution in [2.45, 2.75) is 38.6 Å². The van der Waals surface area contributed by atoms with Crippen LogP contribution in [0.15, 0.2) is 10.6 Å². The first-order valence-corrected chi connectivity index (χ1v) is 6.88. The summed E-state index contributed by atoms with van der Waals surface area (Å²) in [5.74, 6) is 0.298. The van der Waals surface area contributed by atoms with Crippen LogP contribution in [0.5, 0.6) is 0 Å². The normalized spacial score (nSPS) is 16.4. The van der Waals surface area contributed by atoms with Gasteiger partial charge in [-0.1, -0.05) is 5.16 Å². The Labute approximate surface area is 116 Å². The van der Waals surface area contributed by atoms with Crippen molar-refractivity contribution in [3.63, 3.8) is 0 Å². The van der Waals surface area contributed by atoms with Crippen molar-refractivity contribution in [3.05, 3.63) is 23.0 Å². The van der Waals surface area contributed by atoms with Crippen molar-refractivity contribution in [3.8, 4) is 0 Å². The lowest BCUT2D eigenvalue weighted by Crippen LogP contribution is -2.37. The fourth-order valence-corrected chi connectivity index (χ4v) is 2.24. The molecule has 0 bridgehead atoms. The van der Waals surface area contributed by atoms with Crippen molar-refractivity contribution in [1.29, 1.82) is 0 Å². The summed E-state index contributed by atoms with van der Waals surface area (Å²) in [6, 6.07) is 1.79. The summed E-state index contributed by atoms with van der Waals surface area (Å²) in [6.45, 7) is 4.09. The standard InChI is InChI=1S/C14H18N4O2/c1-7(6-15)16-13(19)10-5-11(9-3-4-9)17-14-12(10)8(2)18-20-14/h5,7,9H,3-4,6,15H2,1-2H3,(H,16,19)/t7-/m0/s1. The molecule has 6 heteroatoms. The van der Waals surface area contributed by atoms with Crippen molar-refractivity contribution in [1.82, 2.24) is 15.5 Å². The Morgan fingerprint density at radius 2 is 2.35 bits per heavy atom. The lowest BCUT2D eigenvalue weighted by molar-refractivity contribution is 0.0942. The number of fused-ring (bicyclic) bond motifs is 1. The van der Waals surface area contributed by atoms with E-state index in [1.54, 1.807) is 0 Å². The fourth-order valence-electron chi connectivity index (χ4n) is 2.24. The third-order valence-corrected chi connectivity index (χ3v) is 3.61. The van der Waals surface area contributed by atoms with Crippen molar-refractivity contribution in [2.75, 3.05) is 6.54 Å². The van der Waals surface area contributed by atoms with E-state index < -0.39 is 0 Å². The highest BCUT2D eigenvalue weighted by atomic mass is 16.5. The van der Waals surface area contributed by atoms with E-state index >= 15 is 0 Å². The largest absolute Gasteiger partial charge is 0.348 e. The van der Waals surface area contributed by atoms with Crippen LogP contribution in [0.1, 0.15) is 47.4 Å². The minimum Gasteiger partial charge on any atom is -0.348 e. The predicted octanol–water partition coefficient (Wildman–Crippen LogP) is 1.49. The van der Waals surface area contributed by atoms with Crippen molar-refractivity contribution < 1.29 is 9.32 Å². The van der Waals surface area contributed by atoms with E-state index in [1.807, 2.05) is 19.9 Å². The SMILES string of the molecule is Cc1noc2nc(C3CC3)cc(C(=O)N[C@@H](C)CN)c12. The highest BCUT2D eigenvalue weighted by Crippen LogP contribution is 2.40. The molecule has 1 atom stereocenters. The van der Waals surface area contributed by atoms with E-state index in [2.05, 4.69) is 15.5 Å². The zero-order valence-electron chi connectivity index (χ0n) is 11.6. The van der Waals surface area contributed by atoms with Gasteiger partial charge >= 0.3 is 0 Å². The molecule has 2 heterocycles. The molecule has 0 saturated heterocycles. The average molecular weight is 274 g/mol. The van der Waals surface area contributed by atoms with Gasteiger partial charge < -0.3 is 15.6 Å². The van der Waals surface area contributed by atoms with Crippen LogP contribution in [0.4, 0.5) is 0 Å². The molecule has 6 nitrogen and oxygen atoms in total. The molecule has 0 unspecified atom stereocenters. The van der Waals surface area contributed by atoms with Crippen LogP contribution in [0.2, 0.25) is 0 Å². The summed E-state index contributed by atoms with van der Waals surface area (Å²) >= 11 is 0. The van der Waals surface area contributed by atoms with Gasteiger partial charge in [-0.15, -0.1) is 0 Å². The molecule has 2 aromatic heterocycles. The molecule has 0 spiro atoms. The number of carbonyl (C=O) groups is 1. The van der Waals surface area contributed by atoms with Gasteiger partial charge in [0.2, 0.25) is 0 Å². The number of hydrogen-bond acceptors (Lipinski definition) is 5. The van der Waals surface area contributed by atoms with Crippen LogP contribution in [-0.4, -0.2) is 28.6 Å². The van der Waals surface area contributed by atoms with Crippen LogP contribution in [0.25, 0.3) is 11.1 Å². The van der Waals surface area contributed by atoms with Crippen molar-refractivity contribution in [2.24, 2.45) is 5.73 Å². The van der Waals surface area contributed by atoms with E-state index in [9.17, 15) is 4.79 Å². The zero-order valence-corrected chi connectivity index (χ0v) is 11.6. The molecule has 1 saturated carbocycles. The topological polar surface area (TPSA) is 94.0 Å². The molecule has 1 amide bonds. The van der Waals surface area contributed by atoms with Gasteiger partial charge in [0.05, 0.1) is 16.6 Å². The molecule has 3 N–H and O–H groups in total. The first kappa shape index (κ1) is 13.1. The number of rotatable bonds is 4. The summed E-state index contributed by atoms with van der Waals surface area (Å²) < 4.78 is 5.22. The van der Waals surface area contributed by atoms with E-state index in [4.69, 9.17) is 10.3 Å². The third-order valence-electron chi connectivity index (χ3n) is 3.61. The number of carbonyl (C=O) groups excluding carboxylic acids is 1. The summed E-state index contributed by atoms with van der Waals surface area (Å²) in [6.07, 6.45) is 2.23. The van der Waals surface area contributed by atoms with Gasteiger partial charge in [-0.05, 0) is 32.8 Å². The third kappa shape index (κ3) is 2.27. The summed E-state index contributed by atoms with van der Waals surface area (Å²) in [5, 5.41) is 7.49. The quantitative estimate of drug-likeness (QED) is 0.880.